The van der Waals surface area contributed by atoms with Crippen LogP contribution in [-0.2, 0) is 23.9 Å². The third-order valence-electron chi connectivity index (χ3n) is 7.75. The van der Waals surface area contributed by atoms with E-state index in [9.17, 15) is 19.5 Å². The molecule has 0 aliphatic carbocycles. The normalized spacial score (nSPS) is 31.1. The Morgan fingerprint density at radius 2 is 1.97 bits per heavy atom. The summed E-state index contributed by atoms with van der Waals surface area (Å²) in [5, 5.41) is 10.0. The SMILES string of the molecule is C=CCOC(=O)[C@@H]1[C@H]2C(=O)N([C@H](C)CO)C(C(=O)N(CC=C)c3ccc(OC)cc3)C23CC[C@@]1(C)O3. The largest absolute Gasteiger partial charge is 0.497 e. The topological polar surface area (TPSA) is 106 Å². The second-order valence-corrected chi connectivity index (χ2v) is 9.86. The Morgan fingerprint density at radius 3 is 2.56 bits per heavy atom. The Labute approximate surface area is 211 Å². The van der Waals surface area contributed by atoms with Gasteiger partial charge < -0.3 is 29.1 Å². The van der Waals surface area contributed by atoms with Gasteiger partial charge in [-0.05, 0) is 51.0 Å². The molecule has 0 saturated carbocycles. The van der Waals surface area contributed by atoms with Crippen molar-refractivity contribution in [1.29, 1.82) is 0 Å². The summed E-state index contributed by atoms with van der Waals surface area (Å²) in [4.78, 5) is 44.3. The van der Waals surface area contributed by atoms with Gasteiger partial charge in [0, 0.05) is 12.2 Å². The highest BCUT2D eigenvalue weighted by Gasteiger charge is 2.79. The first-order valence-corrected chi connectivity index (χ1v) is 12.2. The first-order chi connectivity index (χ1) is 17.2. The van der Waals surface area contributed by atoms with Crippen LogP contribution in [0.5, 0.6) is 5.75 Å². The maximum absolute atomic E-state index is 14.3. The minimum Gasteiger partial charge on any atom is -0.497 e. The van der Waals surface area contributed by atoms with Crippen LogP contribution in [0.3, 0.4) is 0 Å². The summed E-state index contributed by atoms with van der Waals surface area (Å²) in [6, 6.07) is 5.33. The molecular weight excluding hydrogens is 464 g/mol. The van der Waals surface area contributed by atoms with Crippen molar-refractivity contribution in [2.45, 2.75) is 50.0 Å². The lowest BCUT2D eigenvalue weighted by Gasteiger charge is -2.38. The number of esters is 1. The number of aliphatic hydroxyl groups excluding tert-OH is 1. The number of carbonyl (C=O) groups excluding carboxylic acids is 3. The molecule has 3 saturated heterocycles. The molecule has 0 aromatic heterocycles. The molecule has 1 aromatic rings. The smallest absolute Gasteiger partial charge is 0.313 e. The first kappa shape index (κ1) is 25.9. The number of benzene rings is 1. The highest BCUT2D eigenvalue weighted by molar-refractivity contribution is 6.05. The number of rotatable bonds is 10. The quantitative estimate of drug-likeness (QED) is 0.389. The van der Waals surface area contributed by atoms with E-state index in [0.29, 0.717) is 24.3 Å². The molecule has 4 rings (SSSR count). The van der Waals surface area contributed by atoms with Gasteiger partial charge in [-0.15, -0.1) is 6.58 Å². The average Bonchev–Trinajstić information content (AvgIpc) is 3.45. The van der Waals surface area contributed by atoms with Gasteiger partial charge in [0.25, 0.3) is 5.91 Å². The van der Waals surface area contributed by atoms with Crippen molar-refractivity contribution in [3.8, 4) is 5.75 Å². The van der Waals surface area contributed by atoms with Crippen LogP contribution in [0, 0.1) is 11.8 Å². The van der Waals surface area contributed by atoms with Crippen molar-refractivity contribution in [2.75, 3.05) is 31.8 Å². The number of fused-ring (bicyclic) bond motifs is 1. The van der Waals surface area contributed by atoms with Crippen LogP contribution < -0.4 is 9.64 Å². The van der Waals surface area contributed by atoms with Crippen molar-refractivity contribution >= 4 is 23.5 Å². The van der Waals surface area contributed by atoms with Crippen LogP contribution in [0.4, 0.5) is 5.69 Å². The number of carbonyl (C=O) groups is 3. The third kappa shape index (κ3) is 3.81. The van der Waals surface area contributed by atoms with E-state index in [1.807, 2.05) is 0 Å². The Kier molecular flexibility index (Phi) is 6.99. The molecule has 6 atom stereocenters. The molecular formula is C27H34N2O7. The Hall–Kier alpha value is -3.17. The lowest BCUT2D eigenvalue weighted by Crippen LogP contribution is -2.58. The van der Waals surface area contributed by atoms with E-state index in [4.69, 9.17) is 14.2 Å². The zero-order valence-electron chi connectivity index (χ0n) is 21.0. The van der Waals surface area contributed by atoms with Crippen molar-refractivity contribution in [3.05, 3.63) is 49.6 Å². The van der Waals surface area contributed by atoms with Crippen LogP contribution in [-0.4, -0.2) is 77.9 Å². The summed E-state index contributed by atoms with van der Waals surface area (Å²) in [6.45, 7) is 10.7. The fraction of sp³-hybridized carbons (Fsp3) is 0.519. The fourth-order valence-electron chi connectivity index (χ4n) is 6.16. The Balaban J connectivity index is 1.79. The number of aliphatic hydroxyl groups is 1. The lowest BCUT2D eigenvalue weighted by atomic mass is 9.66. The predicted molar refractivity (Wildman–Crippen MR) is 132 cm³/mol. The molecule has 3 aliphatic heterocycles. The molecule has 2 unspecified atom stereocenters. The van der Waals surface area contributed by atoms with E-state index in [0.717, 1.165) is 0 Å². The van der Waals surface area contributed by atoms with Crippen molar-refractivity contribution in [1.82, 2.24) is 4.90 Å². The summed E-state index contributed by atoms with van der Waals surface area (Å²) in [6.07, 6.45) is 4.01. The average molecular weight is 499 g/mol. The van der Waals surface area contributed by atoms with Gasteiger partial charge in [0.05, 0.1) is 31.3 Å². The molecule has 3 aliphatic rings. The van der Waals surface area contributed by atoms with Crippen LogP contribution in [0.25, 0.3) is 0 Å². The molecule has 194 valence electrons. The molecule has 1 spiro atoms. The lowest BCUT2D eigenvalue weighted by molar-refractivity contribution is -0.159. The van der Waals surface area contributed by atoms with Gasteiger partial charge in [-0.25, -0.2) is 0 Å². The van der Waals surface area contributed by atoms with E-state index < -0.39 is 41.1 Å². The first-order valence-electron chi connectivity index (χ1n) is 12.2. The third-order valence-corrected chi connectivity index (χ3v) is 7.75. The summed E-state index contributed by atoms with van der Waals surface area (Å²) >= 11 is 0. The van der Waals surface area contributed by atoms with Crippen molar-refractivity contribution in [2.24, 2.45) is 11.8 Å². The molecule has 1 aromatic carbocycles. The van der Waals surface area contributed by atoms with Gasteiger partial charge in [0.1, 0.15) is 29.9 Å². The predicted octanol–water partition coefficient (Wildman–Crippen LogP) is 2.09. The number of hydrogen-bond donors (Lipinski definition) is 1. The molecule has 2 bridgehead atoms. The van der Waals surface area contributed by atoms with E-state index >= 15 is 0 Å². The standard InChI is InChI=1S/C27H34N2O7/c1-6-14-28(18-8-10-19(34-5)11-9-18)24(32)22-27-13-12-26(4,36-27)21(25(33)35-15-7-2)20(27)23(31)29(22)17(3)16-30/h6-11,17,20-22,30H,1-2,12-16H2,3-5H3/t17-,20+,21+,22?,26-,27?/m1/s1. The van der Waals surface area contributed by atoms with E-state index in [2.05, 4.69) is 13.2 Å². The number of likely N-dealkylation sites (tertiary alicyclic amines) is 1. The monoisotopic (exact) mass is 498 g/mol. The molecule has 3 heterocycles. The van der Waals surface area contributed by atoms with Crippen LogP contribution in [0.1, 0.15) is 26.7 Å². The highest BCUT2D eigenvalue weighted by atomic mass is 16.6. The summed E-state index contributed by atoms with van der Waals surface area (Å²) in [5.74, 6) is -2.40. The Morgan fingerprint density at radius 1 is 1.28 bits per heavy atom. The molecule has 1 N–H and O–H groups in total. The fourth-order valence-corrected chi connectivity index (χ4v) is 6.16. The summed E-state index contributed by atoms with van der Waals surface area (Å²) in [7, 11) is 1.56. The molecule has 36 heavy (non-hydrogen) atoms. The molecule has 2 amide bonds. The number of amides is 2. The molecule has 0 radical (unpaired) electrons. The summed E-state index contributed by atoms with van der Waals surface area (Å²) in [5.41, 5.74) is -1.55. The number of hydrogen-bond acceptors (Lipinski definition) is 7. The number of ether oxygens (including phenoxy) is 3. The number of methoxy groups -OCH3 is 1. The van der Waals surface area contributed by atoms with Gasteiger partial charge in [-0.3, -0.25) is 14.4 Å². The Bertz CT molecular complexity index is 1060. The maximum atomic E-state index is 14.3. The van der Waals surface area contributed by atoms with Gasteiger partial charge >= 0.3 is 5.97 Å². The van der Waals surface area contributed by atoms with Gasteiger partial charge in [0.15, 0.2) is 0 Å². The van der Waals surface area contributed by atoms with Gasteiger partial charge in [0.2, 0.25) is 5.91 Å². The summed E-state index contributed by atoms with van der Waals surface area (Å²) < 4.78 is 17.2. The van der Waals surface area contributed by atoms with Gasteiger partial charge in [-0.2, -0.15) is 0 Å². The highest BCUT2D eigenvalue weighted by Crippen LogP contribution is 2.63. The second kappa shape index (κ2) is 9.71. The zero-order valence-corrected chi connectivity index (χ0v) is 21.0. The maximum Gasteiger partial charge on any atom is 0.313 e. The van der Waals surface area contributed by atoms with Crippen LogP contribution >= 0.6 is 0 Å². The van der Waals surface area contributed by atoms with Crippen LogP contribution in [0.2, 0.25) is 0 Å². The minimum atomic E-state index is -1.21. The van der Waals surface area contributed by atoms with Crippen LogP contribution in [0.15, 0.2) is 49.6 Å². The zero-order chi connectivity index (χ0) is 26.3. The van der Waals surface area contributed by atoms with Crippen molar-refractivity contribution in [3.63, 3.8) is 0 Å². The molecule has 9 heteroatoms. The molecule has 3 fully saturated rings. The minimum absolute atomic E-state index is 0.0169. The number of anilines is 1. The molecule has 9 nitrogen and oxygen atoms in total. The second-order valence-electron chi connectivity index (χ2n) is 9.86. The number of nitrogens with zero attached hydrogens (tertiary/aromatic N) is 2. The van der Waals surface area contributed by atoms with Gasteiger partial charge in [-0.1, -0.05) is 18.7 Å². The van der Waals surface area contributed by atoms with E-state index in [-0.39, 0.29) is 31.6 Å². The van der Waals surface area contributed by atoms with Crippen molar-refractivity contribution < 1.29 is 33.7 Å². The van der Waals surface area contributed by atoms with E-state index in [1.54, 1.807) is 56.2 Å². The van der Waals surface area contributed by atoms with E-state index in [1.165, 1.54) is 11.0 Å².